The van der Waals surface area contributed by atoms with Gasteiger partial charge in [0.25, 0.3) is 0 Å². The molecule has 2 aromatic heterocycles. The maximum Gasteiger partial charge on any atom is 0.133 e. The third kappa shape index (κ3) is 2.89. The first-order valence-electron chi connectivity index (χ1n) is 7.95. The van der Waals surface area contributed by atoms with E-state index in [1.54, 1.807) is 11.3 Å². The van der Waals surface area contributed by atoms with E-state index < -0.39 is 0 Å². The molecule has 4 rings (SSSR count). The van der Waals surface area contributed by atoms with Crippen molar-refractivity contribution in [2.75, 3.05) is 11.9 Å². The van der Waals surface area contributed by atoms with E-state index in [1.807, 2.05) is 28.9 Å². The van der Waals surface area contributed by atoms with Gasteiger partial charge in [-0.15, -0.1) is 11.3 Å². The van der Waals surface area contributed by atoms with E-state index in [2.05, 4.69) is 22.8 Å². The zero-order valence-corrected chi connectivity index (χ0v) is 14.3. The number of rotatable bonds is 3. The van der Waals surface area contributed by atoms with Crippen molar-refractivity contribution in [2.45, 2.75) is 25.7 Å². The Morgan fingerprint density at radius 2 is 2.09 bits per heavy atom. The zero-order valence-electron chi connectivity index (χ0n) is 12.8. The lowest BCUT2D eigenvalue weighted by Crippen LogP contribution is -2.07. The van der Waals surface area contributed by atoms with Gasteiger partial charge in [0.05, 0.1) is 16.4 Å². The highest BCUT2D eigenvalue weighted by atomic mass is 35.5. The summed E-state index contributed by atoms with van der Waals surface area (Å²) in [7, 11) is 0. The van der Waals surface area contributed by atoms with Crippen molar-refractivity contribution in [1.82, 2.24) is 9.78 Å². The molecule has 1 aliphatic heterocycles. The first-order chi connectivity index (χ1) is 11.3. The lowest BCUT2D eigenvalue weighted by molar-refractivity contribution is 0.768. The number of benzene rings is 1. The summed E-state index contributed by atoms with van der Waals surface area (Å²) in [6, 6.07) is 12.2. The highest BCUT2D eigenvalue weighted by Gasteiger charge is 2.21. The summed E-state index contributed by atoms with van der Waals surface area (Å²) in [6.07, 6.45) is 4.36. The monoisotopic (exact) mass is 343 g/mol. The molecule has 0 saturated carbocycles. The molecule has 118 valence electrons. The van der Waals surface area contributed by atoms with E-state index in [0.29, 0.717) is 0 Å². The van der Waals surface area contributed by atoms with Crippen molar-refractivity contribution in [2.24, 2.45) is 0 Å². The van der Waals surface area contributed by atoms with Gasteiger partial charge in [0.2, 0.25) is 0 Å². The SMILES string of the molecule is Clc1ccccc1-n1nc(Cc2cccs2)c2c1NCCCC2. The molecule has 3 nitrogen and oxygen atoms in total. The summed E-state index contributed by atoms with van der Waals surface area (Å²) in [4.78, 5) is 1.35. The van der Waals surface area contributed by atoms with Gasteiger partial charge in [0.15, 0.2) is 0 Å². The molecule has 23 heavy (non-hydrogen) atoms. The van der Waals surface area contributed by atoms with Gasteiger partial charge in [-0.3, -0.25) is 0 Å². The predicted octanol–water partition coefficient (Wildman–Crippen LogP) is 4.93. The molecule has 3 heterocycles. The maximum absolute atomic E-state index is 6.41. The van der Waals surface area contributed by atoms with Gasteiger partial charge in [-0.05, 0) is 42.8 Å². The second-order valence-electron chi connectivity index (χ2n) is 5.78. The lowest BCUT2D eigenvalue weighted by atomic mass is 10.1. The summed E-state index contributed by atoms with van der Waals surface area (Å²) in [6.45, 7) is 0.988. The topological polar surface area (TPSA) is 29.9 Å². The van der Waals surface area contributed by atoms with E-state index in [4.69, 9.17) is 16.7 Å². The third-order valence-corrected chi connectivity index (χ3v) is 5.41. The smallest absolute Gasteiger partial charge is 0.133 e. The molecule has 0 saturated heterocycles. The van der Waals surface area contributed by atoms with Crippen LogP contribution in [0.2, 0.25) is 5.02 Å². The van der Waals surface area contributed by atoms with Crippen LogP contribution in [0.3, 0.4) is 0 Å². The first-order valence-corrected chi connectivity index (χ1v) is 9.20. The molecule has 0 fully saturated rings. The Balaban J connectivity index is 1.83. The molecule has 0 spiro atoms. The van der Waals surface area contributed by atoms with Crippen molar-refractivity contribution in [3.05, 3.63) is 62.9 Å². The molecule has 3 aromatic rings. The minimum Gasteiger partial charge on any atom is -0.370 e. The van der Waals surface area contributed by atoms with Crippen LogP contribution in [0.4, 0.5) is 5.82 Å². The minimum absolute atomic E-state index is 0.728. The average molecular weight is 344 g/mol. The number of hydrogen-bond acceptors (Lipinski definition) is 3. The summed E-state index contributed by atoms with van der Waals surface area (Å²) in [5.41, 5.74) is 3.45. The van der Waals surface area contributed by atoms with Gasteiger partial charge in [0, 0.05) is 23.4 Å². The van der Waals surface area contributed by atoms with Gasteiger partial charge < -0.3 is 5.32 Å². The van der Waals surface area contributed by atoms with Gasteiger partial charge in [0.1, 0.15) is 5.82 Å². The van der Waals surface area contributed by atoms with E-state index in [0.717, 1.165) is 41.6 Å². The maximum atomic E-state index is 6.41. The van der Waals surface area contributed by atoms with E-state index >= 15 is 0 Å². The van der Waals surface area contributed by atoms with Crippen LogP contribution in [-0.2, 0) is 12.8 Å². The van der Waals surface area contributed by atoms with Crippen LogP contribution >= 0.6 is 22.9 Å². The minimum atomic E-state index is 0.728. The Labute approximate surface area is 144 Å². The Kier molecular flexibility index (Phi) is 4.10. The first kappa shape index (κ1) is 14.8. The zero-order chi connectivity index (χ0) is 15.6. The number of para-hydroxylation sites is 1. The normalized spacial score (nSPS) is 14.1. The molecule has 1 aromatic carbocycles. The molecule has 0 radical (unpaired) electrons. The average Bonchev–Trinajstić information content (AvgIpc) is 3.10. The number of hydrogen-bond donors (Lipinski definition) is 1. The van der Waals surface area contributed by atoms with Gasteiger partial charge in [-0.25, -0.2) is 4.68 Å². The van der Waals surface area contributed by atoms with Crippen LogP contribution in [0.1, 0.15) is 29.0 Å². The Morgan fingerprint density at radius 3 is 2.91 bits per heavy atom. The number of aromatic nitrogens is 2. The van der Waals surface area contributed by atoms with Crippen molar-refractivity contribution in [3.8, 4) is 5.69 Å². The number of nitrogens with one attached hydrogen (secondary N) is 1. The summed E-state index contributed by atoms with van der Waals surface area (Å²) < 4.78 is 1.99. The van der Waals surface area contributed by atoms with Gasteiger partial charge in [-0.2, -0.15) is 5.10 Å². The van der Waals surface area contributed by atoms with Gasteiger partial charge in [-0.1, -0.05) is 29.8 Å². The van der Waals surface area contributed by atoms with Crippen LogP contribution in [0.15, 0.2) is 41.8 Å². The Hall–Kier alpha value is -1.78. The summed E-state index contributed by atoms with van der Waals surface area (Å²) >= 11 is 8.19. The van der Waals surface area contributed by atoms with Gasteiger partial charge >= 0.3 is 0 Å². The lowest BCUT2D eigenvalue weighted by Gasteiger charge is -2.10. The van der Waals surface area contributed by atoms with Crippen LogP contribution in [0.5, 0.6) is 0 Å². The quantitative estimate of drug-likeness (QED) is 0.731. The number of fused-ring (bicyclic) bond motifs is 1. The van der Waals surface area contributed by atoms with E-state index in [-0.39, 0.29) is 0 Å². The predicted molar refractivity (Wildman–Crippen MR) is 97.1 cm³/mol. The summed E-state index contributed by atoms with van der Waals surface area (Å²) in [5, 5.41) is 11.3. The number of anilines is 1. The molecule has 0 atom stereocenters. The van der Waals surface area contributed by atoms with E-state index in [1.165, 1.54) is 23.3 Å². The molecule has 0 aliphatic carbocycles. The highest BCUT2D eigenvalue weighted by molar-refractivity contribution is 7.09. The number of halogens is 1. The largest absolute Gasteiger partial charge is 0.370 e. The van der Waals surface area contributed by atoms with E-state index in [9.17, 15) is 0 Å². The fourth-order valence-electron chi connectivity index (χ4n) is 3.09. The fourth-order valence-corrected chi connectivity index (χ4v) is 4.02. The van der Waals surface area contributed by atoms with Crippen molar-refractivity contribution < 1.29 is 0 Å². The fraction of sp³-hybridized carbons (Fsp3) is 0.278. The molecular weight excluding hydrogens is 326 g/mol. The third-order valence-electron chi connectivity index (χ3n) is 4.22. The second kappa shape index (κ2) is 6.38. The molecule has 1 aliphatic rings. The van der Waals surface area contributed by atoms with Crippen LogP contribution in [0.25, 0.3) is 5.69 Å². The summed E-state index contributed by atoms with van der Waals surface area (Å²) in [5.74, 6) is 1.11. The van der Waals surface area contributed by atoms with Crippen LogP contribution < -0.4 is 5.32 Å². The molecular formula is C18H18ClN3S. The molecule has 0 bridgehead atoms. The highest BCUT2D eigenvalue weighted by Crippen LogP contribution is 2.32. The molecule has 5 heteroatoms. The van der Waals surface area contributed by atoms with Crippen LogP contribution in [0, 0.1) is 0 Å². The van der Waals surface area contributed by atoms with Crippen molar-refractivity contribution >= 4 is 28.8 Å². The molecule has 0 unspecified atom stereocenters. The van der Waals surface area contributed by atoms with Crippen molar-refractivity contribution in [1.29, 1.82) is 0 Å². The Bertz CT molecular complexity index is 808. The number of nitrogens with zero attached hydrogens (tertiary/aromatic N) is 2. The number of thiophene rings is 1. The van der Waals surface area contributed by atoms with Crippen molar-refractivity contribution in [3.63, 3.8) is 0 Å². The second-order valence-corrected chi connectivity index (χ2v) is 7.22. The standard InChI is InChI=1S/C18H18ClN3S/c19-15-8-1-2-9-17(15)22-18-14(7-3-4-10-20-18)16(21-22)12-13-6-5-11-23-13/h1-2,5-6,8-9,11,20H,3-4,7,10,12H2. The Morgan fingerprint density at radius 1 is 1.17 bits per heavy atom. The molecule has 1 N–H and O–H groups in total. The van der Waals surface area contributed by atoms with Crippen LogP contribution in [-0.4, -0.2) is 16.3 Å². The molecule has 0 amide bonds.